The molecule has 1 aliphatic rings. The van der Waals surface area contributed by atoms with E-state index < -0.39 is 4.84 Å². The number of amides is 1. The summed E-state index contributed by atoms with van der Waals surface area (Å²) in [5.41, 5.74) is 1.72. The summed E-state index contributed by atoms with van der Waals surface area (Å²) in [5.74, 6) is 0.134. The van der Waals surface area contributed by atoms with Crippen molar-refractivity contribution in [3.8, 4) is 5.75 Å². The Labute approximate surface area is 114 Å². The molecular weight excluding hydrogens is 277 g/mol. The van der Waals surface area contributed by atoms with Crippen molar-refractivity contribution >= 4 is 41.3 Å². The van der Waals surface area contributed by atoms with E-state index in [0.717, 1.165) is 24.1 Å². The minimum Gasteiger partial charge on any atom is -0.429 e. The SMILES string of the molecule is O=COc1ccc2c(c1)CCCN2C(=O)C(Cl)Cl. The van der Waals surface area contributed by atoms with Gasteiger partial charge in [-0.1, -0.05) is 23.2 Å². The van der Waals surface area contributed by atoms with Crippen LogP contribution in [0.5, 0.6) is 5.75 Å². The average Bonchev–Trinajstić information content (AvgIpc) is 2.37. The lowest BCUT2D eigenvalue weighted by atomic mass is 10.0. The second-order valence-electron chi connectivity index (χ2n) is 3.90. The van der Waals surface area contributed by atoms with Gasteiger partial charge in [-0.3, -0.25) is 9.59 Å². The third-order valence-electron chi connectivity index (χ3n) is 2.81. The lowest BCUT2D eigenvalue weighted by Crippen LogP contribution is -2.38. The Morgan fingerprint density at radius 2 is 2.22 bits per heavy atom. The van der Waals surface area contributed by atoms with Gasteiger partial charge in [-0.2, -0.15) is 0 Å². The first kappa shape index (κ1) is 13.2. The van der Waals surface area contributed by atoms with Crippen molar-refractivity contribution in [2.45, 2.75) is 17.7 Å². The Morgan fingerprint density at radius 1 is 1.44 bits per heavy atom. The molecule has 18 heavy (non-hydrogen) atoms. The average molecular weight is 288 g/mol. The normalized spacial score (nSPS) is 14.3. The van der Waals surface area contributed by atoms with Crippen LogP contribution in [0.1, 0.15) is 12.0 Å². The van der Waals surface area contributed by atoms with Gasteiger partial charge < -0.3 is 9.64 Å². The standard InChI is InChI=1S/C12H11Cl2NO3/c13-11(14)12(17)15-5-1-2-8-6-9(18-7-16)3-4-10(8)15/h3-4,6-7,11H,1-2,5H2. The van der Waals surface area contributed by atoms with Crippen LogP contribution < -0.4 is 9.64 Å². The third-order valence-corrected chi connectivity index (χ3v) is 3.18. The molecule has 0 spiro atoms. The molecule has 1 heterocycles. The molecule has 96 valence electrons. The first-order chi connectivity index (χ1) is 8.63. The number of anilines is 1. The van der Waals surface area contributed by atoms with E-state index >= 15 is 0 Å². The lowest BCUT2D eigenvalue weighted by molar-refractivity contribution is -0.120. The number of carbonyl (C=O) groups excluding carboxylic acids is 2. The molecule has 1 aliphatic heterocycles. The molecule has 2 rings (SSSR count). The molecule has 0 N–H and O–H groups in total. The fourth-order valence-electron chi connectivity index (χ4n) is 2.05. The van der Waals surface area contributed by atoms with Crippen LogP contribution in [0.2, 0.25) is 0 Å². The van der Waals surface area contributed by atoms with Crippen LogP contribution in [-0.4, -0.2) is 23.8 Å². The van der Waals surface area contributed by atoms with Crippen LogP contribution in [0.4, 0.5) is 5.69 Å². The Bertz CT molecular complexity index is 476. The van der Waals surface area contributed by atoms with Crippen LogP contribution >= 0.6 is 23.2 Å². The van der Waals surface area contributed by atoms with Gasteiger partial charge in [-0.05, 0) is 36.6 Å². The van der Waals surface area contributed by atoms with E-state index in [1.807, 2.05) is 0 Å². The minimum absolute atomic E-state index is 0.330. The highest BCUT2D eigenvalue weighted by atomic mass is 35.5. The predicted octanol–water partition coefficient (Wildman–Crippen LogP) is 2.30. The highest BCUT2D eigenvalue weighted by Crippen LogP contribution is 2.31. The zero-order chi connectivity index (χ0) is 13.1. The summed E-state index contributed by atoms with van der Waals surface area (Å²) in [6.45, 7) is 0.969. The molecule has 1 aromatic carbocycles. The second kappa shape index (κ2) is 5.59. The number of alkyl halides is 2. The first-order valence-electron chi connectivity index (χ1n) is 5.46. The number of benzene rings is 1. The van der Waals surface area contributed by atoms with Crippen molar-refractivity contribution in [3.63, 3.8) is 0 Å². The summed E-state index contributed by atoms with van der Waals surface area (Å²) in [5, 5.41) is 0. The number of rotatable bonds is 3. The summed E-state index contributed by atoms with van der Waals surface area (Å²) >= 11 is 11.2. The quantitative estimate of drug-likeness (QED) is 0.633. The van der Waals surface area contributed by atoms with Crippen molar-refractivity contribution in [2.24, 2.45) is 0 Å². The van der Waals surface area contributed by atoms with E-state index in [0.29, 0.717) is 18.8 Å². The molecule has 0 aliphatic carbocycles. The maximum absolute atomic E-state index is 11.8. The van der Waals surface area contributed by atoms with Crippen LogP contribution in [0, 0.1) is 0 Å². The Hall–Kier alpha value is -1.26. The Kier molecular flexibility index (Phi) is 4.09. The predicted molar refractivity (Wildman–Crippen MR) is 69.3 cm³/mol. The van der Waals surface area contributed by atoms with Crippen molar-refractivity contribution in [2.75, 3.05) is 11.4 Å². The molecule has 0 bridgehead atoms. The molecule has 0 aromatic heterocycles. The second-order valence-corrected chi connectivity index (χ2v) is 4.99. The molecule has 6 heteroatoms. The van der Waals surface area contributed by atoms with Crippen LogP contribution in [0.25, 0.3) is 0 Å². The smallest absolute Gasteiger partial charge is 0.298 e. The van der Waals surface area contributed by atoms with Gasteiger partial charge in [0.15, 0.2) is 4.84 Å². The van der Waals surface area contributed by atoms with Gasteiger partial charge in [0, 0.05) is 12.2 Å². The monoisotopic (exact) mass is 287 g/mol. The van der Waals surface area contributed by atoms with Gasteiger partial charge in [0.25, 0.3) is 12.4 Å². The number of halogens is 2. The highest BCUT2D eigenvalue weighted by Gasteiger charge is 2.26. The van der Waals surface area contributed by atoms with Gasteiger partial charge in [-0.25, -0.2) is 0 Å². The minimum atomic E-state index is -1.07. The number of carbonyl (C=O) groups is 2. The number of aryl methyl sites for hydroxylation is 1. The van der Waals surface area contributed by atoms with Crippen LogP contribution in [0.15, 0.2) is 18.2 Å². The zero-order valence-corrected chi connectivity index (χ0v) is 10.9. The molecule has 0 unspecified atom stereocenters. The van der Waals surface area contributed by atoms with E-state index in [4.69, 9.17) is 27.9 Å². The van der Waals surface area contributed by atoms with Gasteiger partial charge in [0.2, 0.25) is 0 Å². The maximum atomic E-state index is 11.8. The van der Waals surface area contributed by atoms with E-state index in [2.05, 4.69) is 0 Å². The lowest BCUT2D eigenvalue weighted by Gasteiger charge is -2.30. The van der Waals surface area contributed by atoms with Crippen molar-refractivity contribution in [1.29, 1.82) is 0 Å². The van der Waals surface area contributed by atoms with E-state index in [1.54, 1.807) is 23.1 Å². The van der Waals surface area contributed by atoms with Gasteiger partial charge in [0.05, 0.1) is 0 Å². The summed E-state index contributed by atoms with van der Waals surface area (Å²) < 4.78 is 4.78. The zero-order valence-electron chi connectivity index (χ0n) is 9.44. The van der Waals surface area contributed by atoms with E-state index in [1.165, 1.54) is 0 Å². The van der Waals surface area contributed by atoms with Crippen molar-refractivity contribution < 1.29 is 14.3 Å². The topological polar surface area (TPSA) is 46.6 Å². The third kappa shape index (κ3) is 2.60. The molecule has 0 atom stereocenters. The van der Waals surface area contributed by atoms with Crippen LogP contribution in [-0.2, 0) is 16.0 Å². The number of ether oxygens (including phenoxy) is 1. The van der Waals surface area contributed by atoms with E-state index in [9.17, 15) is 9.59 Å². The number of nitrogens with zero attached hydrogens (tertiary/aromatic N) is 1. The van der Waals surface area contributed by atoms with Crippen molar-refractivity contribution in [3.05, 3.63) is 23.8 Å². The van der Waals surface area contributed by atoms with Gasteiger partial charge >= 0.3 is 0 Å². The molecular formula is C12H11Cl2NO3. The maximum Gasteiger partial charge on any atom is 0.298 e. The molecule has 0 fully saturated rings. The molecule has 0 saturated carbocycles. The number of hydrogen-bond acceptors (Lipinski definition) is 3. The Balaban J connectivity index is 2.32. The summed E-state index contributed by atoms with van der Waals surface area (Å²) in [7, 11) is 0. The molecule has 0 saturated heterocycles. The van der Waals surface area contributed by atoms with Gasteiger partial charge in [-0.15, -0.1) is 0 Å². The molecule has 1 amide bonds. The summed E-state index contributed by atoms with van der Waals surface area (Å²) in [6, 6.07) is 5.12. The Morgan fingerprint density at radius 3 is 2.89 bits per heavy atom. The molecule has 0 radical (unpaired) electrons. The fraction of sp³-hybridized carbons (Fsp3) is 0.333. The summed E-state index contributed by atoms with van der Waals surface area (Å²) in [4.78, 5) is 22.6. The number of hydrogen-bond donors (Lipinski definition) is 0. The van der Waals surface area contributed by atoms with Crippen LogP contribution in [0.3, 0.4) is 0 Å². The fourth-order valence-corrected chi connectivity index (χ4v) is 2.28. The van der Waals surface area contributed by atoms with Gasteiger partial charge in [0.1, 0.15) is 5.75 Å². The number of fused-ring (bicyclic) bond motifs is 1. The first-order valence-corrected chi connectivity index (χ1v) is 6.33. The highest BCUT2D eigenvalue weighted by molar-refractivity contribution is 6.54. The largest absolute Gasteiger partial charge is 0.429 e. The van der Waals surface area contributed by atoms with E-state index in [-0.39, 0.29) is 5.91 Å². The molecule has 4 nitrogen and oxygen atoms in total. The summed E-state index contributed by atoms with van der Waals surface area (Å²) in [6.07, 6.45) is 1.65. The van der Waals surface area contributed by atoms with Crippen molar-refractivity contribution in [1.82, 2.24) is 0 Å². The molecule has 1 aromatic rings.